The van der Waals surface area contributed by atoms with Crippen molar-refractivity contribution in [3.05, 3.63) is 36.3 Å². The summed E-state index contributed by atoms with van der Waals surface area (Å²) in [6.45, 7) is 7.65. The van der Waals surface area contributed by atoms with E-state index >= 15 is 0 Å². The fourth-order valence-corrected chi connectivity index (χ4v) is 2.03. The molecule has 108 valence electrons. The van der Waals surface area contributed by atoms with Crippen LogP contribution in [-0.4, -0.2) is 27.1 Å². The van der Waals surface area contributed by atoms with Gasteiger partial charge in [-0.05, 0) is 39.8 Å². The first-order valence-corrected chi connectivity index (χ1v) is 6.75. The quantitative estimate of drug-likeness (QED) is 0.937. The van der Waals surface area contributed by atoms with Crippen LogP contribution in [0.15, 0.2) is 30.6 Å². The van der Waals surface area contributed by atoms with E-state index in [0.29, 0.717) is 6.42 Å². The van der Waals surface area contributed by atoms with Crippen molar-refractivity contribution in [1.82, 2.24) is 14.7 Å². The average molecular weight is 275 g/mol. The number of amides is 1. The van der Waals surface area contributed by atoms with Crippen molar-refractivity contribution in [2.45, 2.75) is 45.8 Å². The standard InChI is InChI=1S/C15H21N3O2/c1-11(20-14(19)17-15(2,3)4)10-12-6-5-7-13-16-8-9-18(12)13/h5-9,11H,10H2,1-4H3,(H,17,19)/t11-/m1/s1. The van der Waals surface area contributed by atoms with Crippen LogP contribution in [0.1, 0.15) is 33.4 Å². The fourth-order valence-electron chi connectivity index (χ4n) is 2.03. The van der Waals surface area contributed by atoms with Gasteiger partial charge in [-0.1, -0.05) is 6.07 Å². The molecule has 0 spiro atoms. The van der Waals surface area contributed by atoms with E-state index in [1.165, 1.54) is 0 Å². The zero-order chi connectivity index (χ0) is 14.8. The van der Waals surface area contributed by atoms with Gasteiger partial charge in [-0.15, -0.1) is 0 Å². The predicted octanol–water partition coefficient (Wildman–Crippen LogP) is 2.79. The largest absolute Gasteiger partial charge is 0.446 e. The number of carbonyl (C=O) groups excluding carboxylic acids is 1. The zero-order valence-electron chi connectivity index (χ0n) is 12.4. The molecule has 1 amide bonds. The number of ether oxygens (including phenoxy) is 1. The highest BCUT2D eigenvalue weighted by Crippen LogP contribution is 2.10. The highest BCUT2D eigenvalue weighted by Gasteiger charge is 2.17. The normalized spacial score (nSPS) is 13.2. The van der Waals surface area contributed by atoms with E-state index in [4.69, 9.17) is 4.74 Å². The van der Waals surface area contributed by atoms with Gasteiger partial charge in [-0.2, -0.15) is 0 Å². The van der Waals surface area contributed by atoms with Gasteiger partial charge < -0.3 is 14.5 Å². The van der Waals surface area contributed by atoms with Gasteiger partial charge in [-0.25, -0.2) is 9.78 Å². The summed E-state index contributed by atoms with van der Waals surface area (Å²) in [5.41, 5.74) is 1.67. The van der Waals surface area contributed by atoms with Crippen molar-refractivity contribution < 1.29 is 9.53 Å². The third kappa shape index (κ3) is 3.73. The third-order valence-electron chi connectivity index (χ3n) is 2.79. The highest BCUT2D eigenvalue weighted by atomic mass is 16.6. The first-order valence-electron chi connectivity index (χ1n) is 6.75. The lowest BCUT2D eigenvalue weighted by atomic mass is 10.1. The molecule has 0 radical (unpaired) electrons. The minimum atomic E-state index is -0.386. The van der Waals surface area contributed by atoms with Crippen molar-refractivity contribution in [2.75, 3.05) is 0 Å². The van der Waals surface area contributed by atoms with Gasteiger partial charge in [0.2, 0.25) is 0 Å². The van der Waals surface area contributed by atoms with E-state index in [9.17, 15) is 4.79 Å². The summed E-state index contributed by atoms with van der Waals surface area (Å²) in [4.78, 5) is 16.0. The molecule has 0 aliphatic carbocycles. The molecule has 0 saturated heterocycles. The average Bonchev–Trinajstić information content (AvgIpc) is 2.74. The van der Waals surface area contributed by atoms with Gasteiger partial charge in [0.05, 0.1) is 0 Å². The van der Waals surface area contributed by atoms with Gasteiger partial charge in [-0.3, -0.25) is 0 Å². The molecule has 1 N–H and O–H groups in total. The summed E-state index contributed by atoms with van der Waals surface area (Å²) in [6.07, 6.45) is 3.72. The number of carbonyl (C=O) groups is 1. The zero-order valence-corrected chi connectivity index (χ0v) is 12.4. The predicted molar refractivity (Wildman–Crippen MR) is 77.7 cm³/mol. The first kappa shape index (κ1) is 14.4. The van der Waals surface area contributed by atoms with E-state index in [1.54, 1.807) is 6.20 Å². The molecule has 0 aliphatic rings. The van der Waals surface area contributed by atoms with Crippen LogP contribution in [0.25, 0.3) is 5.65 Å². The second-order valence-electron chi connectivity index (χ2n) is 5.97. The minimum absolute atomic E-state index is 0.203. The smallest absolute Gasteiger partial charge is 0.407 e. The molecule has 0 fully saturated rings. The third-order valence-corrected chi connectivity index (χ3v) is 2.79. The van der Waals surface area contributed by atoms with Gasteiger partial charge in [0.1, 0.15) is 11.8 Å². The molecule has 2 heterocycles. The number of pyridine rings is 1. The molecule has 0 aromatic carbocycles. The van der Waals surface area contributed by atoms with E-state index < -0.39 is 0 Å². The molecule has 2 aromatic rings. The Balaban J connectivity index is 1.99. The van der Waals surface area contributed by atoms with Crippen LogP contribution < -0.4 is 5.32 Å². The van der Waals surface area contributed by atoms with Gasteiger partial charge >= 0.3 is 6.09 Å². The summed E-state index contributed by atoms with van der Waals surface area (Å²) in [5, 5.41) is 2.79. The Morgan fingerprint density at radius 1 is 1.45 bits per heavy atom. The number of nitrogens with zero attached hydrogens (tertiary/aromatic N) is 2. The highest BCUT2D eigenvalue weighted by molar-refractivity contribution is 5.68. The molecule has 0 unspecified atom stereocenters. The van der Waals surface area contributed by atoms with Crippen molar-refractivity contribution in [3.8, 4) is 0 Å². The summed E-state index contributed by atoms with van der Waals surface area (Å²) < 4.78 is 7.37. The molecular formula is C15H21N3O2. The lowest BCUT2D eigenvalue weighted by Gasteiger charge is -2.22. The number of fused-ring (bicyclic) bond motifs is 1. The molecule has 5 heteroatoms. The number of alkyl carbamates (subject to hydrolysis) is 1. The number of hydrogen-bond donors (Lipinski definition) is 1. The van der Waals surface area contributed by atoms with Gasteiger partial charge in [0.25, 0.3) is 0 Å². The molecule has 20 heavy (non-hydrogen) atoms. The monoisotopic (exact) mass is 275 g/mol. The molecule has 1 atom stereocenters. The van der Waals surface area contributed by atoms with E-state index in [-0.39, 0.29) is 17.7 Å². The van der Waals surface area contributed by atoms with Crippen LogP contribution in [0.3, 0.4) is 0 Å². The lowest BCUT2D eigenvalue weighted by molar-refractivity contribution is 0.0994. The molecule has 0 saturated carbocycles. The molecule has 0 aliphatic heterocycles. The Morgan fingerprint density at radius 2 is 2.20 bits per heavy atom. The second kappa shape index (κ2) is 5.53. The molecule has 5 nitrogen and oxygen atoms in total. The van der Waals surface area contributed by atoms with Crippen LogP contribution in [0.4, 0.5) is 4.79 Å². The summed E-state index contributed by atoms with van der Waals surface area (Å²) in [7, 11) is 0. The maximum absolute atomic E-state index is 11.7. The number of nitrogens with one attached hydrogen (secondary N) is 1. The number of hydrogen-bond acceptors (Lipinski definition) is 3. The Hall–Kier alpha value is -2.04. The lowest BCUT2D eigenvalue weighted by Crippen LogP contribution is -2.42. The van der Waals surface area contributed by atoms with Crippen molar-refractivity contribution in [1.29, 1.82) is 0 Å². The van der Waals surface area contributed by atoms with E-state index in [2.05, 4.69) is 10.3 Å². The van der Waals surface area contributed by atoms with Gasteiger partial charge in [0, 0.05) is 30.0 Å². The number of rotatable bonds is 3. The number of aromatic nitrogens is 2. The Labute approximate surface area is 119 Å². The number of imidazole rings is 1. The van der Waals surface area contributed by atoms with Crippen molar-refractivity contribution >= 4 is 11.7 Å². The van der Waals surface area contributed by atoms with Crippen LogP contribution in [0.2, 0.25) is 0 Å². The van der Waals surface area contributed by atoms with E-state index in [0.717, 1.165) is 11.3 Å². The van der Waals surface area contributed by atoms with Crippen LogP contribution >= 0.6 is 0 Å². The Morgan fingerprint density at radius 3 is 2.90 bits per heavy atom. The topological polar surface area (TPSA) is 55.6 Å². The SMILES string of the molecule is C[C@H](Cc1cccc2nccn12)OC(=O)NC(C)(C)C. The molecule has 2 rings (SSSR count). The Kier molecular flexibility index (Phi) is 3.97. The maximum atomic E-state index is 11.7. The fraction of sp³-hybridized carbons (Fsp3) is 0.467. The first-order chi connectivity index (χ1) is 9.35. The van der Waals surface area contributed by atoms with Crippen LogP contribution in [0, 0.1) is 0 Å². The maximum Gasteiger partial charge on any atom is 0.407 e. The summed E-state index contributed by atoms with van der Waals surface area (Å²) >= 11 is 0. The van der Waals surface area contributed by atoms with Gasteiger partial charge in [0.15, 0.2) is 0 Å². The summed E-state index contributed by atoms with van der Waals surface area (Å²) in [6, 6.07) is 5.91. The molecular weight excluding hydrogens is 254 g/mol. The molecule has 0 bridgehead atoms. The Bertz CT molecular complexity index is 598. The summed E-state index contributed by atoms with van der Waals surface area (Å²) in [5.74, 6) is 0. The van der Waals surface area contributed by atoms with Crippen LogP contribution in [0.5, 0.6) is 0 Å². The molecule has 2 aromatic heterocycles. The van der Waals surface area contributed by atoms with E-state index in [1.807, 2.05) is 56.5 Å². The van der Waals surface area contributed by atoms with Crippen molar-refractivity contribution in [2.24, 2.45) is 0 Å². The second-order valence-corrected chi connectivity index (χ2v) is 5.97. The minimum Gasteiger partial charge on any atom is -0.446 e. The van der Waals surface area contributed by atoms with Crippen LogP contribution in [-0.2, 0) is 11.2 Å². The van der Waals surface area contributed by atoms with Crippen molar-refractivity contribution in [3.63, 3.8) is 0 Å².